The van der Waals surface area contributed by atoms with Gasteiger partial charge in [0.25, 0.3) is 0 Å². The molecule has 26 heavy (non-hydrogen) atoms. The number of hydrogen-bond donors (Lipinski definition) is 1. The van der Waals surface area contributed by atoms with Crippen molar-refractivity contribution in [3.05, 3.63) is 54.3 Å². The van der Waals surface area contributed by atoms with E-state index in [1.54, 1.807) is 30.3 Å². The van der Waals surface area contributed by atoms with E-state index in [1.807, 2.05) is 4.90 Å². The van der Waals surface area contributed by atoms with Gasteiger partial charge in [-0.25, -0.2) is 12.8 Å². The maximum Gasteiger partial charge on any atom is 0.243 e. The number of halogens is 1. The highest BCUT2D eigenvalue weighted by molar-refractivity contribution is 7.89. The summed E-state index contributed by atoms with van der Waals surface area (Å²) >= 11 is 0. The highest BCUT2D eigenvalue weighted by Crippen LogP contribution is 2.24. The number of benzene rings is 2. The summed E-state index contributed by atoms with van der Waals surface area (Å²) in [6.07, 6.45) is 0. The molecule has 0 spiro atoms. The van der Waals surface area contributed by atoms with Gasteiger partial charge in [-0.15, -0.1) is 0 Å². The molecule has 6 nitrogen and oxygen atoms in total. The van der Waals surface area contributed by atoms with Crippen LogP contribution in [0.1, 0.15) is 6.92 Å². The van der Waals surface area contributed by atoms with Crippen LogP contribution in [-0.4, -0.2) is 44.8 Å². The summed E-state index contributed by atoms with van der Waals surface area (Å²) in [5.74, 6) is -0.526. The van der Waals surface area contributed by atoms with Crippen LogP contribution in [0.5, 0.6) is 0 Å². The van der Waals surface area contributed by atoms with E-state index in [2.05, 4.69) is 5.32 Å². The molecule has 8 heteroatoms. The van der Waals surface area contributed by atoms with Crippen LogP contribution in [0.15, 0.2) is 53.4 Å². The van der Waals surface area contributed by atoms with Crippen LogP contribution >= 0.6 is 0 Å². The number of carbonyl (C=O) groups is 1. The Morgan fingerprint density at radius 1 is 1.00 bits per heavy atom. The van der Waals surface area contributed by atoms with Crippen molar-refractivity contribution in [1.82, 2.24) is 4.31 Å². The molecule has 1 N–H and O–H groups in total. The van der Waals surface area contributed by atoms with E-state index in [-0.39, 0.29) is 29.7 Å². The van der Waals surface area contributed by atoms with E-state index in [0.29, 0.717) is 24.5 Å². The molecule has 0 radical (unpaired) electrons. The first kappa shape index (κ1) is 18.3. The average molecular weight is 377 g/mol. The molecule has 1 heterocycles. The van der Waals surface area contributed by atoms with Gasteiger partial charge in [-0.3, -0.25) is 4.79 Å². The van der Waals surface area contributed by atoms with Gasteiger partial charge >= 0.3 is 0 Å². The monoisotopic (exact) mass is 377 g/mol. The van der Waals surface area contributed by atoms with Crippen molar-refractivity contribution >= 4 is 27.3 Å². The number of nitrogens with one attached hydrogen (secondary N) is 1. The fourth-order valence-corrected chi connectivity index (χ4v) is 4.36. The molecular formula is C18H20FN3O3S. The summed E-state index contributed by atoms with van der Waals surface area (Å²) in [6.45, 7) is 2.79. The van der Waals surface area contributed by atoms with Crippen molar-refractivity contribution in [3.8, 4) is 0 Å². The van der Waals surface area contributed by atoms with Crippen LogP contribution in [0, 0.1) is 5.82 Å². The first-order valence-corrected chi connectivity index (χ1v) is 9.69. The summed E-state index contributed by atoms with van der Waals surface area (Å²) in [5, 5.41) is 2.60. The Morgan fingerprint density at radius 2 is 1.62 bits per heavy atom. The smallest absolute Gasteiger partial charge is 0.243 e. The number of rotatable bonds is 4. The number of hydrogen-bond acceptors (Lipinski definition) is 4. The van der Waals surface area contributed by atoms with Crippen LogP contribution in [0.4, 0.5) is 15.8 Å². The number of carbonyl (C=O) groups excluding carboxylic acids is 1. The Balaban J connectivity index is 1.70. The molecule has 0 aliphatic carbocycles. The zero-order chi connectivity index (χ0) is 18.7. The van der Waals surface area contributed by atoms with Crippen molar-refractivity contribution < 1.29 is 17.6 Å². The third-order valence-corrected chi connectivity index (χ3v) is 6.16. The van der Waals surface area contributed by atoms with Crippen LogP contribution in [-0.2, 0) is 14.8 Å². The molecule has 1 aliphatic rings. The molecule has 0 atom stereocenters. The lowest BCUT2D eigenvalue weighted by atomic mass is 10.2. The van der Waals surface area contributed by atoms with E-state index < -0.39 is 10.0 Å². The standard InChI is InChI=1S/C18H20FN3O3S/c1-14(23)20-15-6-8-16(9-7-15)26(24,25)22-12-10-21(11-13-22)18-5-3-2-4-17(18)19/h2-9H,10-13H2,1H3,(H,20,23). The number of sulfonamides is 1. The molecule has 1 amide bonds. The fraction of sp³-hybridized carbons (Fsp3) is 0.278. The second kappa shape index (κ2) is 7.43. The molecule has 1 aliphatic heterocycles. The van der Waals surface area contributed by atoms with Gasteiger partial charge in [0.15, 0.2) is 0 Å². The van der Waals surface area contributed by atoms with Crippen LogP contribution in [0.25, 0.3) is 0 Å². The highest BCUT2D eigenvalue weighted by Gasteiger charge is 2.29. The van der Waals surface area contributed by atoms with Crippen LogP contribution in [0.2, 0.25) is 0 Å². The number of para-hydroxylation sites is 1. The van der Waals surface area contributed by atoms with Crippen molar-refractivity contribution in [2.45, 2.75) is 11.8 Å². The average Bonchev–Trinajstić information content (AvgIpc) is 2.62. The second-order valence-electron chi connectivity index (χ2n) is 6.05. The molecule has 0 aromatic heterocycles. The molecule has 1 saturated heterocycles. The van der Waals surface area contributed by atoms with E-state index in [9.17, 15) is 17.6 Å². The topological polar surface area (TPSA) is 69.7 Å². The number of amides is 1. The molecule has 1 fully saturated rings. The predicted molar refractivity (Wildman–Crippen MR) is 98.1 cm³/mol. The first-order valence-electron chi connectivity index (χ1n) is 8.25. The van der Waals surface area contributed by atoms with Crippen molar-refractivity contribution in [2.75, 3.05) is 36.4 Å². The number of nitrogens with zero attached hydrogens (tertiary/aromatic N) is 2. The van der Waals surface area contributed by atoms with Gasteiger partial charge < -0.3 is 10.2 Å². The molecule has 2 aromatic rings. The summed E-state index contributed by atoms with van der Waals surface area (Å²) in [6, 6.07) is 12.6. The van der Waals surface area contributed by atoms with Crippen LogP contribution in [0.3, 0.4) is 0 Å². The first-order chi connectivity index (χ1) is 12.4. The number of piperazine rings is 1. The van der Waals surface area contributed by atoms with Crippen LogP contribution < -0.4 is 10.2 Å². The minimum Gasteiger partial charge on any atom is -0.367 e. The molecular weight excluding hydrogens is 357 g/mol. The minimum atomic E-state index is -3.62. The Kier molecular flexibility index (Phi) is 5.24. The lowest BCUT2D eigenvalue weighted by Gasteiger charge is -2.35. The predicted octanol–water partition coefficient (Wildman–Crippen LogP) is 2.29. The summed E-state index contributed by atoms with van der Waals surface area (Å²) in [7, 11) is -3.62. The van der Waals surface area contributed by atoms with E-state index >= 15 is 0 Å². The summed E-state index contributed by atoms with van der Waals surface area (Å²) < 4.78 is 40.8. The van der Waals surface area contributed by atoms with Crippen molar-refractivity contribution in [3.63, 3.8) is 0 Å². The fourth-order valence-electron chi connectivity index (χ4n) is 2.94. The molecule has 0 bridgehead atoms. The normalized spacial score (nSPS) is 15.7. The largest absolute Gasteiger partial charge is 0.367 e. The van der Waals surface area contributed by atoms with Gasteiger partial charge in [-0.1, -0.05) is 12.1 Å². The van der Waals surface area contributed by atoms with Gasteiger partial charge in [0.05, 0.1) is 10.6 Å². The van der Waals surface area contributed by atoms with Gasteiger partial charge in [0.2, 0.25) is 15.9 Å². The Bertz CT molecular complexity index is 892. The molecule has 2 aromatic carbocycles. The van der Waals surface area contributed by atoms with Gasteiger partial charge in [-0.05, 0) is 36.4 Å². The summed E-state index contributed by atoms with van der Waals surface area (Å²) in [4.78, 5) is 13.1. The zero-order valence-corrected chi connectivity index (χ0v) is 15.2. The maximum absolute atomic E-state index is 13.9. The van der Waals surface area contributed by atoms with Crippen molar-refractivity contribution in [1.29, 1.82) is 0 Å². The third-order valence-electron chi connectivity index (χ3n) is 4.24. The Labute approximate surface area is 152 Å². The van der Waals surface area contributed by atoms with E-state index in [4.69, 9.17) is 0 Å². The van der Waals surface area contributed by atoms with Gasteiger partial charge in [0, 0.05) is 38.8 Å². The second-order valence-corrected chi connectivity index (χ2v) is 7.99. The Hall–Kier alpha value is -2.45. The lowest BCUT2D eigenvalue weighted by Crippen LogP contribution is -2.48. The SMILES string of the molecule is CC(=O)Nc1ccc(S(=O)(=O)N2CCN(c3ccccc3F)CC2)cc1. The lowest BCUT2D eigenvalue weighted by molar-refractivity contribution is -0.114. The quantitative estimate of drug-likeness (QED) is 0.888. The van der Waals surface area contributed by atoms with Crippen molar-refractivity contribution in [2.24, 2.45) is 0 Å². The molecule has 0 unspecified atom stereocenters. The molecule has 3 rings (SSSR count). The third kappa shape index (κ3) is 3.86. The Morgan fingerprint density at radius 3 is 2.19 bits per heavy atom. The highest BCUT2D eigenvalue weighted by atomic mass is 32.2. The minimum absolute atomic E-state index is 0.172. The molecule has 0 saturated carbocycles. The van der Waals surface area contributed by atoms with Gasteiger partial charge in [-0.2, -0.15) is 4.31 Å². The number of anilines is 2. The zero-order valence-electron chi connectivity index (χ0n) is 14.4. The van der Waals surface area contributed by atoms with E-state index in [1.165, 1.54) is 29.4 Å². The van der Waals surface area contributed by atoms with Gasteiger partial charge in [0.1, 0.15) is 5.82 Å². The molecule has 138 valence electrons. The van der Waals surface area contributed by atoms with E-state index in [0.717, 1.165) is 0 Å². The summed E-state index contributed by atoms with van der Waals surface area (Å²) in [5.41, 5.74) is 1.03. The maximum atomic E-state index is 13.9.